The number of fused-ring (bicyclic) bond motifs is 2. The van der Waals surface area contributed by atoms with Gasteiger partial charge >= 0.3 is 0 Å². The summed E-state index contributed by atoms with van der Waals surface area (Å²) in [6, 6.07) is 1.90. The van der Waals surface area contributed by atoms with Crippen molar-refractivity contribution in [1.82, 2.24) is 14.9 Å². The summed E-state index contributed by atoms with van der Waals surface area (Å²) in [7, 11) is 0. The van der Waals surface area contributed by atoms with Crippen LogP contribution in [0.1, 0.15) is 45.6 Å². The Morgan fingerprint density at radius 1 is 1.35 bits per heavy atom. The number of ether oxygens (including phenoxy) is 1. The molecule has 0 spiro atoms. The monoisotopic (exact) mass is 477 g/mol. The Morgan fingerprint density at radius 2 is 2.13 bits per heavy atom. The Balaban J connectivity index is 1.53. The number of aromatic nitrogens is 2. The minimum Gasteiger partial charge on any atom is -0.381 e. The van der Waals surface area contributed by atoms with Crippen molar-refractivity contribution >= 4 is 50.7 Å². The lowest BCUT2D eigenvalue weighted by Crippen LogP contribution is -2.39. The topological polar surface area (TPSA) is 75.3 Å². The van der Waals surface area contributed by atoms with Gasteiger partial charge in [-0.25, -0.2) is 4.98 Å². The lowest BCUT2D eigenvalue weighted by Gasteiger charge is -2.34. The van der Waals surface area contributed by atoms with Crippen LogP contribution in [0.2, 0.25) is 10.0 Å². The van der Waals surface area contributed by atoms with Gasteiger partial charge in [0.25, 0.3) is 11.5 Å². The van der Waals surface area contributed by atoms with Gasteiger partial charge in [0.05, 0.1) is 51.6 Å². The second-order valence-corrected chi connectivity index (χ2v) is 9.91. The number of pyridine rings is 1. The standard InChI is InChI=1S/C22H21Cl2N3O3S/c1-10(12-7-30-8-12)14-5-16(23)13-3-4-27(22(29)17(13)18(14)24)6-15-19-20(31-9-25-19)11(2)26-21(15)28/h5,9-10,12H,3-4,6-8H2,1-2H3,(H,26,28). The average molecular weight is 478 g/mol. The van der Waals surface area contributed by atoms with Crippen molar-refractivity contribution in [2.75, 3.05) is 19.8 Å². The van der Waals surface area contributed by atoms with E-state index in [9.17, 15) is 9.59 Å². The molecule has 162 valence electrons. The van der Waals surface area contributed by atoms with Crippen LogP contribution in [-0.4, -0.2) is 40.5 Å². The summed E-state index contributed by atoms with van der Waals surface area (Å²) in [5.74, 6) is 0.308. The van der Waals surface area contributed by atoms with Crippen LogP contribution in [0.5, 0.6) is 0 Å². The zero-order chi connectivity index (χ0) is 21.9. The number of aromatic amines is 1. The highest BCUT2D eigenvalue weighted by atomic mass is 35.5. The fraction of sp³-hybridized carbons (Fsp3) is 0.409. The number of aryl methyl sites for hydroxylation is 1. The maximum atomic E-state index is 13.5. The summed E-state index contributed by atoms with van der Waals surface area (Å²) in [6.07, 6.45) is 0.588. The van der Waals surface area contributed by atoms with Gasteiger partial charge in [-0.1, -0.05) is 30.1 Å². The van der Waals surface area contributed by atoms with Gasteiger partial charge in [-0.2, -0.15) is 0 Å². The maximum absolute atomic E-state index is 13.5. The third kappa shape index (κ3) is 3.39. The zero-order valence-electron chi connectivity index (χ0n) is 17.1. The van der Waals surface area contributed by atoms with Crippen molar-refractivity contribution in [1.29, 1.82) is 0 Å². The number of thiazole rings is 1. The molecule has 31 heavy (non-hydrogen) atoms. The molecule has 3 aromatic rings. The van der Waals surface area contributed by atoms with Gasteiger partial charge in [-0.3, -0.25) is 9.59 Å². The lowest BCUT2D eigenvalue weighted by molar-refractivity contribution is -0.0423. The Kier molecular flexibility index (Phi) is 5.33. The molecule has 0 radical (unpaired) electrons. The van der Waals surface area contributed by atoms with E-state index in [1.54, 1.807) is 10.4 Å². The molecule has 0 bridgehead atoms. The summed E-state index contributed by atoms with van der Waals surface area (Å²) in [5, 5.41) is 1.04. The summed E-state index contributed by atoms with van der Waals surface area (Å²) >= 11 is 14.8. The van der Waals surface area contributed by atoms with Gasteiger partial charge in [-0.15, -0.1) is 11.3 Å². The first kappa shape index (κ1) is 20.9. The van der Waals surface area contributed by atoms with Crippen molar-refractivity contribution < 1.29 is 9.53 Å². The molecule has 5 rings (SSSR count). The van der Waals surface area contributed by atoms with Crippen LogP contribution in [0.15, 0.2) is 16.4 Å². The van der Waals surface area contributed by atoms with Crippen LogP contribution in [0, 0.1) is 12.8 Å². The van der Waals surface area contributed by atoms with Crippen molar-refractivity contribution in [2.45, 2.75) is 32.7 Å². The van der Waals surface area contributed by atoms with Gasteiger partial charge in [0, 0.05) is 23.2 Å². The molecule has 1 fully saturated rings. The molecule has 2 aliphatic heterocycles. The number of nitrogens with one attached hydrogen (secondary N) is 1. The number of halogens is 2. The molecule has 1 amide bonds. The van der Waals surface area contributed by atoms with E-state index in [2.05, 4.69) is 16.9 Å². The van der Waals surface area contributed by atoms with Gasteiger partial charge in [-0.05, 0) is 36.5 Å². The van der Waals surface area contributed by atoms with E-state index >= 15 is 0 Å². The highest BCUT2D eigenvalue weighted by Crippen LogP contribution is 2.41. The number of hydrogen-bond donors (Lipinski definition) is 1. The zero-order valence-corrected chi connectivity index (χ0v) is 19.5. The molecule has 1 N–H and O–H groups in total. The van der Waals surface area contributed by atoms with E-state index in [-0.39, 0.29) is 23.9 Å². The number of benzene rings is 1. The van der Waals surface area contributed by atoms with Gasteiger partial charge in [0.2, 0.25) is 0 Å². The SMILES string of the molecule is Cc1[nH]c(=O)c(CN2CCc3c(Cl)cc(C(C)C4COC4)c(Cl)c3C2=O)c2ncsc12. The highest BCUT2D eigenvalue weighted by Gasteiger charge is 2.34. The van der Waals surface area contributed by atoms with Crippen LogP contribution >= 0.6 is 34.5 Å². The third-order valence-corrected chi connectivity index (χ3v) is 8.15. The molecule has 1 saturated heterocycles. The van der Waals surface area contributed by atoms with Crippen molar-refractivity contribution in [2.24, 2.45) is 5.92 Å². The van der Waals surface area contributed by atoms with Crippen molar-refractivity contribution in [3.05, 3.63) is 59.9 Å². The first-order valence-electron chi connectivity index (χ1n) is 10.2. The molecule has 9 heteroatoms. The van der Waals surface area contributed by atoms with E-state index in [4.69, 9.17) is 27.9 Å². The maximum Gasteiger partial charge on any atom is 0.256 e. The first-order valence-corrected chi connectivity index (χ1v) is 11.8. The quantitative estimate of drug-likeness (QED) is 0.597. The average Bonchev–Trinajstić information content (AvgIpc) is 3.17. The molecule has 0 saturated carbocycles. The lowest BCUT2D eigenvalue weighted by atomic mass is 9.84. The molecular formula is C22H21Cl2N3O3S. The summed E-state index contributed by atoms with van der Waals surface area (Å²) in [6.45, 7) is 5.96. The fourth-order valence-corrected chi connectivity index (χ4v) is 5.92. The van der Waals surface area contributed by atoms with Crippen LogP contribution in [-0.2, 0) is 17.7 Å². The Hall–Kier alpha value is -1.93. The largest absolute Gasteiger partial charge is 0.381 e. The van der Waals surface area contributed by atoms with E-state index in [1.807, 2.05) is 13.0 Å². The molecule has 1 aromatic carbocycles. The predicted octanol–water partition coefficient (Wildman–Crippen LogP) is 4.55. The number of hydrogen-bond acceptors (Lipinski definition) is 5. The fourth-order valence-electron chi connectivity index (χ4n) is 4.41. The first-order chi connectivity index (χ1) is 14.9. The minimum atomic E-state index is -0.217. The van der Waals surface area contributed by atoms with Crippen LogP contribution in [0.4, 0.5) is 0 Å². The Morgan fingerprint density at radius 3 is 2.84 bits per heavy atom. The number of H-pyrrole nitrogens is 1. The number of carbonyl (C=O) groups excluding carboxylic acids is 1. The number of rotatable bonds is 4. The van der Waals surface area contributed by atoms with Crippen molar-refractivity contribution in [3.8, 4) is 0 Å². The summed E-state index contributed by atoms with van der Waals surface area (Å²) in [5.41, 5.74) is 5.56. The van der Waals surface area contributed by atoms with E-state index in [0.717, 1.165) is 21.5 Å². The number of amides is 1. The van der Waals surface area contributed by atoms with Crippen LogP contribution in [0.25, 0.3) is 10.2 Å². The van der Waals surface area contributed by atoms with Crippen LogP contribution < -0.4 is 5.56 Å². The second kappa shape index (κ2) is 7.89. The molecule has 1 atom stereocenters. The molecule has 2 aliphatic rings. The molecule has 2 aromatic heterocycles. The van der Waals surface area contributed by atoms with Crippen LogP contribution in [0.3, 0.4) is 0 Å². The molecular weight excluding hydrogens is 457 g/mol. The molecule has 4 heterocycles. The van der Waals surface area contributed by atoms with Gasteiger partial charge < -0.3 is 14.6 Å². The number of carbonyl (C=O) groups is 1. The minimum absolute atomic E-state index is 0.141. The van der Waals surface area contributed by atoms with E-state index < -0.39 is 0 Å². The third-order valence-electron chi connectivity index (χ3n) is 6.46. The normalized spacial score (nSPS) is 17.7. The molecule has 1 unspecified atom stereocenters. The Bertz CT molecular complexity index is 1270. The smallest absolute Gasteiger partial charge is 0.256 e. The highest BCUT2D eigenvalue weighted by molar-refractivity contribution is 7.16. The Labute approximate surface area is 193 Å². The molecule has 6 nitrogen and oxygen atoms in total. The summed E-state index contributed by atoms with van der Waals surface area (Å²) < 4.78 is 6.25. The number of nitrogens with zero attached hydrogens (tertiary/aromatic N) is 2. The van der Waals surface area contributed by atoms with Gasteiger partial charge in [0.1, 0.15) is 0 Å². The van der Waals surface area contributed by atoms with E-state index in [1.165, 1.54) is 11.3 Å². The second-order valence-electron chi connectivity index (χ2n) is 8.27. The summed E-state index contributed by atoms with van der Waals surface area (Å²) in [4.78, 5) is 35.1. The van der Waals surface area contributed by atoms with E-state index in [0.29, 0.717) is 58.8 Å². The van der Waals surface area contributed by atoms with Crippen molar-refractivity contribution in [3.63, 3.8) is 0 Å². The van der Waals surface area contributed by atoms with Gasteiger partial charge in [0.15, 0.2) is 0 Å². The molecule has 0 aliphatic carbocycles. The predicted molar refractivity (Wildman–Crippen MR) is 123 cm³/mol.